The van der Waals surface area contributed by atoms with Crippen LogP contribution in [0, 0.1) is 5.92 Å². The van der Waals surface area contributed by atoms with Gasteiger partial charge in [0.15, 0.2) is 0 Å². The average molecular weight is 186 g/mol. The van der Waals surface area contributed by atoms with Crippen molar-refractivity contribution in [1.82, 2.24) is 5.32 Å². The van der Waals surface area contributed by atoms with E-state index in [0.29, 0.717) is 0 Å². The lowest BCUT2D eigenvalue weighted by Gasteiger charge is -2.31. The predicted octanol–water partition coefficient (Wildman–Crippen LogP) is 0.860. The number of carbonyl (C=O) groups is 1. The number of hydrogen-bond acceptors (Lipinski definition) is 3. The number of nitrogens with one attached hydrogen (secondary N) is 1. The monoisotopic (exact) mass is 186 g/mol. The Morgan fingerprint density at radius 2 is 2.23 bits per heavy atom. The van der Waals surface area contributed by atoms with Gasteiger partial charge in [-0.1, -0.05) is 0 Å². The fraction of sp³-hybridized carbons (Fsp3) is 0.889. The smallest absolute Gasteiger partial charge is 0.405 e. The molecular weight excluding hydrogens is 168 g/mol. The Balaban J connectivity index is 2.19. The molecule has 0 spiro atoms. The van der Waals surface area contributed by atoms with E-state index < -0.39 is 11.7 Å². The minimum Gasteiger partial charge on any atom is -0.444 e. The summed E-state index contributed by atoms with van der Waals surface area (Å²) in [6.45, 7) is 5.97. The van der Waals surface area contributed by atoms with Gasteiger partial charge in [-0.05, 0) is 45.7 Å². The van der Waals surface area contributed by atoms with Crippen molar-refractivity contribution >= 4 is 6.09 Å². The van der Waals surface area contributed by atoms with Crippen LogP contribution in [0.25, 0.3) is 0 Å². The number of hydrogen-bond donors (Lipinski definition) is 2. The maximum Gasteiger partial charge on any atom is 0.405 e. The molecule has 76 valence electrons. The molecule has 0 saturated carbocycles. The van der Waals surface area contributed by atoms with Gasteiger partial charge in [0.25, 0.3) is 0 Å². The lowest BCUT2D eigenvalue weighted by molar-refractivity contribution is 0.0323. The van der Waals surface area contributed by atoms with Crippen molar-refractivity contribution in [1.29, 1.82) is 0 Å². The molecule has 4 nitrogen and oxygen atoms in total. The van der Waals surface area contributed by atoms with Gasteiger partial charge in [0.1, 0.15) is 5.60 Å². The van der Waals surface area contributed by atoms with Crippen LogP contribution >= 0.6 is 0 Å². The lowest BCUT2D eigenvalue weighted by Crippen LogP contribution is -2.43. The van der Waals surface area contributed by atoms with E-state index >= 15 is 0 Å². The van der Waals surface area contributed by atoms with Gasteiger partial charge in [-0.3, -0.25) is 0 Å². The van der Waals surface area contributed by atoms with E-state index in [1.165, 1.54) is 0 Å². The topological polar surface area (TPSA) is 64.3 Å². The largest absolute Gasteiger partial charge is 0.444 e. The van der Waals surface area contributed by atoms with Crippen molar-refractivity contribution in [2.45, 2.75) is 32.3 Å². The molecule has 0 unspecified atom stereocenters. The van der Waals surface area contributed by atoms with Crippen LogP contribution in [0.3, 0.4) is 0 Å². The molecule has 1 amide bonds. The molecule has 13 heavy (non-hydrogen) atoms. The van der Waals surface area contributed by atoms with E-state index in [1.807, 2.05) is 13.8 Å². The highest BCUT2D eigenvalue weighted by Crippen LogP contribution is 2.21. The third kappa shape index (κ3) is 3.63. The summed E-state index contributed by atoms with van der Waals surface area (Å²) in [5, 5.41) is 3.21. The van der Waals surface area contributed by atoms with Gasteiger partial charge < -0.3 is 15.8 Å². The van der Waals surface area contributed by atoms with Crippen molar-refractivity contribution in [3.8, 4) is 0 Å². The Hall–Kier alpha value is -0.770. The van der Waals surface area contributed by atoms with Crippen LogP contribution in [0.2, 0.25) is 0 Å². The SMILES string of the molecule is CC(C)(CCC1CNC1)OC(N)=O. The van der Waals surface area contributed by atoms with E-state index in [0.717, 1.165) is 31.8 Å². The maximum absolute atomic E-state index is 10.5. The summed E-state index contributed by atoms with van der Waals surface area (Å²) in [6.07, 6.45) is 1.28. The molecule has 0 aromatic rings. The van der Waals surface area contributed by atoms with E-state index in [-0.39, 0.29) is 0 Å². The highest BCUT2D eigenvalue weighted by molar-refractivity contribution is 5.65. The maximum atomic E-state index is 10.5. The zero-order valence-electron chi connectivity index (χ0n) is 8.30. The quantitative estimate of drug-likeness (QED) is 0.684. The molecule has 0 aromatic carbocycles. The normalized spacial score (nSPS) is 18.0. The van der Waals surface area contributed by atoms with Crippen molar-refractivity contribution in [3.63, 3.8) is 0 Å². The molecule has 4 heteroatoms. The summed E-state index contributed by atoms with van der Waals surface area (Å²) in [5.41, 5.74) is 4.54. The first kappa shape index (κ1) is 10.3. The van der Waals surface area contributed by atoms with Gasteiger partial charge in [0, 0.05) is 0 Å². The van der Waals surface area contributed by atoms with Crippen molar-refractivity contribution in [2.24, 2.45) is 11.7 Å². The summed E-state index contributed by atoms with van der Waals surface area (Å²) >= 11 is 0. The lowest BCUT2D eigenvalue weighted by atomic mass is 9.91. The summed E-state index contributed by atoms with van der Waals surface area (Å²) < 4.78 is 4.98. The molecule has 1 rings (SSSR count). The van der Waals surface area contributed by atoms with Gasteiger partial charge in [-0.25, -0.2) is 4.79 Å². The van der Waals surface area contributed by atoms with Crippen LogP contribution in [0.15, 0.2) is 0 Å². The highest BCUT2D eigenvalue weighted by atomic mass is 16.6. The van der Waals surface area contributed by atoms with Crippen LogP contribution in [-0.2, 0) is 4.74 Å². The third-order valence-electron chi connectivity index (χ3n) is 2.40. The van der Waals surface area contributed by atoms with E-state index in [2.05, 4.69) is 5.32 Å². The first-order valence-corrected chi connectivity index (χ1v) is 4.69. The van der Waals surface area contributed by atoms with E-state index in [4.69, 9.17) is 10.5 Å². The molecule has 0 radical (unpaired) electrons. The minimum atomic E-state index is -0.684. The summed E-state index contributed by atoms with van der Waals surface area (Å²) in [4.78, 5) is 10.5. The molecule has 0 aliphatic carbocycles. The van der Waals surface area contributed by atoms with Gasteiger partial charge in [-0.2, -0.15) is 0 Å². The molecule has 1 saturated heterocycles. The van der Waals surface area contributed by atoms with Crippen LogP contribution in [0.5, 0.6) is 0 Å². The standard InChI is InChI=1S/C9H18N2O2/c1-9(2,13-8(10)12)4-3-7-5-11-6-7/h7,11H,3-6H2,1-2H3,(H2,10,12). The number of carbonyl (C=O) groups excluding carboxylic acids is 1. The molecule has 3 N–H and O–H groups in total. The number of rotatable bonds is 4. The third-order valence-corrected chi connectivity index (χ3v) is 2.40. The first-order valence-electron chi connectivity index (χ1n) is 4.69. The molecule has 1 aliphatic rings. The predicted molar refractivity (Wildman–Crippen MR) is 50.3 cm³/mol. The second-order valence-electron chi connectivity index (χ2n) is 4.24. The second-order valence-corrected chi connectivity index (χ2v) is 4.24. The average Bonchev–Trinajstić information content (AvgIpc) is 1.79. The zero-order chi connectivity index (χ0) is 9.90. The van der Waals surface area contributed by atoms with Gasteiger partial charge in [0.2, 0.25) is 0 Å². The van der Waals surface area contributed by atoms with Crippen LogP contribution in [0.1, 0.15) is 26.7 Å². The first-order chi connectivity index (χ1) is 5.99. The molecule has 1 heterocycles. The number of ether oxygens (including phenoxy) is 1. The second kappa shape index (κ2) is 3.96. The minimum absolute atomic E-state index is 0.415. The molecule has 1 fully saturated rings. The Morgan fingerprint density at radius 3 is 2.62 bits per heavy atom. The van der Waals surface area contributed by atoms with Crippen LogP contribution in [-0.4, -0.2) is 24.8 Å². The molecule has 0 atom stereocenters. The number of amides is 1. The zero-order valence-corrected chi connectivity index (χ0v) is 8.30. The Morgan fingerprint density at radius 1 is 1.62 bits per heavy atom. The number of primary amides is 1. The molecule has 1 aliphatic heterocycles. The Kier molecular flexibility index (Phi) is 3.14. The molecule has 0 aromatic heterocycles. The fourth-order valence-corrected chi connectivity index (χ4v) is 1.43. The van der Waals surface area contributed by atoms with Crippen LogP contribution in [0.4, 0.5) is 4.79 Å². The van der Waals surface area contributed by atoms with Crippen molar-refractivity contribution < 1.29 is 9.53 Å². The number of nitrogens with two attached hydrogens (primary N) is 1. The van der Waals surface area contributed by atoms with Crippen LogP contribution < -0.4 is 11.1 Å². The summed E-state index contributed by atoms with van der Waals surface area (Å²) in [7, 11) is 0. The Bertz CT molecular complexity index is 188. The molecule has 0 bridgehead atoms. The fourth-order valence-electron chi connectivity index (χ4n) is 1.43. The van der Waals surface area contributed by atoms with Gasteiger partial charge in [0.05, 0.1) is 0 Å². The summed E-state index contributed by atoms with van der Waals surface area (Å²) in [5.74, 6) is 0.746. The van der Waals surface area contributed by atoms with Gasteiger partial charge in [-0.15, -0.1) is 0 Å². The highest BCUT2D eigenvalue weighted by Gasteiger charge is 2.25. The van der Waals surface area contributed by atoms with E-state index in [9.17, 15) is 4.79 Å². The van der Waals surface area contributed by atoms with Gasteiger partial charge >= 0.3 is 6.09 Å². The van der Waals surface area contributed by atoms with Crippen molar-refractivity contribution in [3.05, 3.63) is 0 Å². The van der Waals surface area contributed by atoms with Crippen molar-refractivity contribution in [2.75, 3.05) is 13.1 Å². The summed E-state index contributed by atoms with van der Waals surface area (Å²) in [6, 6.07) is 0. The Labute approximate surface area is 78.8 Å². The van der Waals surface area contributed by atoms with E-state index in [1.54, 1.807) is 0 Å². The molecular formula is C9H18N2O2.